The Morgan fingerprint density at radius 1 is 0.971 bits per heavy atom. The zero-order chi connectivity index (χ0) is 24.9. The Kier molecular flexibility index (Phi) is 5.36. The van der Waals surface area contributed by atoms with E-state index in [1.54, 1.807) is 49.4 Å². The maximum Gasteiger partial charge on any atom is 0.300 e. The third-order valence-corrected chi connectivity index (χ3v) is 6.37. The number of likely N-dealkylation sites (N-methyl/N-ethyl adjacent to an activating group) is 1. The number of hydrogen-bond acceptors (Lipinski definition) is 7. The van der Waals surface area contributed by atoms with Gasteiger partial charge in [0.1, 0.15) is 29.6 Å². The lowest BCUT2D eigenvalue weighted by molar-refractivity contribution is -0.132. The lowest BCUT2D eigenvalue weighted by Gasteiger charge is -2.28. The summed E-state index contributed by atoms with van der Waals surface area (Å²) in [4.78, 5) is 29.8. The third kappa shape index (κ3) is 3.73. The highest BCUT2D eigenvalue weighted by atomic mass is 16.5. The van der Waals surface area contributed by atoms with Gasteiger partial charge < -0.3 is 25.0 Å². The SMILES string of the molecule is Cc1ccc(O)c(N2C(=O)C(=O)/C(=C(\O)c3ccc4c(c3)N(C)CCO4)C2c2ccc(O)cc2)c1. The highest BCUT2D eigenvalue weighted by molar-refractivity contribution is 6.52. The fraction of sp³-hybridized carbons (Fsp3) is 0.185. The van der Waals surface area contributed by atoms with E-state index < -0.39 is 17.7 Å². The minimum atomic E-state index is -1.02. The van der Waals surface area contributed by atoms with Crippen LogP contribution < -0.4 is 14.5 Å². The molecule has 2 aliphatic rings. The van der Waals surface area contributed by atoms with Crippen LogP contribution in [0.25, 0.3) is 5.76 Å². The first-order valence-corrected chi connectivity index (χ1v) is 11.1. The van der Waals surface area contributed by atoms with Gasteiger partial charge in [-0.1, -0.05) is 18.2 Å². The maximum atomic E-state index is 13.3. The molecule has 1 unspecified atom stereocenters. The molecule has 3 N–H and O–H groups in total. The Hall–Kier alpha value is -4.46. The minimum Gasteiger partial charge on any atom is -0.508 e. The van der Waals surface area contributed by atoms with Gasteiger partial charge in [-0.15, -0.1) is 0 Å². The number of aliphatic hydroxyl groups is 1. The van der Waals surface area contributed by atoms with Crippen molar-refractivity contribution in [3.05, 3.63) is 82.9 Å². The highest BCUT2D eigenvalue weighted by Crippen LogP contribution is 2.45. The van der Waals surface area contributed by atoms with Crippen LogP contribution in [0.5, 0.6) is 17.2 Å². The second-order valence-electron chi connectivity index (χ2n) is 8.71. The van der Waals surface area contributed by atoms with Crippen molar-refractivity contribution in [2.45, 2.75) is 13.0 Å². The molecule has 3 aromatic carbocycles. The van der Waals surface area contributed by atoms with E-state index in [0.717, 1.165) is 11.3 Å². The summed E-state index contributed by atoms with van der Waals surface area (Å²) in [5, 5.41) is 31.7. The number of anilines is 2. The van der Waals surface area contributed by atoms with Crippen molar-refractivity contribution in [2.24, 2.45) is 0 Å². The van der Waals surface area contributed by atoms with Crippen molar-refractivity contribution in [3.8, 4) is 17.2 Å². The fourth-order valence-corrected chi connectivity index (χ4v) is 4.53. The number of benzene rings is 3. The molecule has 1 amide bonds. The molecule has 2 aliphatic heterocycles. The normalized spacial score (nSPS) is 19.0. The zero-order valence-corrected chi connectivity index (χ0v) is 19.2. The predicted molar refractivity (Wildman–Crippen MR) is 131 cm³/mol. The number of aryl methyl sites for hydroxylation is 1. The average Bonchev–Trinajstić information content (AvgIpc) is 3.11. The fourth-order valence-electron chi connectivity index (χ4n) is 4.53. The van der Waals surface area contributed by atoms with E-state index in [4.69, 9.17) is 4.74 Å². The van der Waals surface area contributed by atoms with Gasteiger partial charge in [-0.2, -0.15) is 0 Å². The first-order valence-electron chi connectivity index (χ1n) is 11.1. The number of amides is 1. The number of rotatable bonds is 3. The molecule has 178 valence electrons. The standard InChI is InChI=1S/C27H24N2O6/c1-15-3-9-21(31)19(13-15)29-24(16-4-7-18(30)8-5-16)23(26(33)27(29)34)25(32)17-6-10-22-20(14-17)28(2)11-12-35-22/h3-10,13-14,24,30-32H,11-12H2,1-2H3/b25-23-. The molecule has 8 nitrogen and oxygen atoms in total. The highest BCUT2D eigenvalue weighted by Gasteiger charge is 2.47. The molecule has 1 saturated heterocycles. The Morgan fingerprint density at radius 3 is 2.46 bits per heavy atom. The van der Waals surface area contributed by atoms with Crippen molar-refractivity contribution < 1.29 is 29.6 Å². The van der Waals surface area contributed by atoms with Crippen molar-refractivity contribution in [1.29, 1.82) is 0 Å². The molecule has 5 rings (SSSR count). The molecule has 0 aromatic heterocycles. The Labute approximate surface area is 201 Å². The van der Waals surface area contributed by atoms with Crippen molar-refractivity contribution in [1.82, 2.24) is 0 Å². The molecule has 8 heteroatoms. The van der Waals surface area contributed by atoms with Gasteiger partial charge in [0.2, 0.25) is 0 Å². The van der Waals surface area contributed by atoms with Gasteiger partial charge in [-0.25, -0.2) is 0 Å². The summed E-state index contributed by atoms with van der Waals surface area (Å²) in [5.41, 5.74) is 2.43. The number of aliphatic hydroxyl groups excluding tert-OH is 1. The van der Waals surface area contributed by atoms with E-state index in [2.05, 4.69) is 0 Å². The largest absolute Gasteiger partial charge is 0.508 e. The van der Waals surface area contributed by atoms with Crippen LogP contribution in [0.1, 0.15) is 22.7 Å². The molecule has 0 radical (unpaired) electrons. The van der Waals surface area contributed by atoms with Crippen LogP contribution in [-0.4, -0.2) is 47.2 Å². The first kappa shape index (κ1) is 22.3. The number of phenolic OH excluding ortho intramolecular Hbond substituents is 2. The molecule has 1 atom stereocenters. The summed E-state index contributed by atoms with van der Waals surface area (Å²) in [6.07, 6.45) is 0. The average molecular weight is 472 g/mol. The van der Waals surface area contributed by atoms with Gasteiger partial charge in [-0.3, -0.25) is 14.5 Å². The van der Waals surface area contributed by atoms with Gasteiger partial charge in [0.05, 0.1) is 29.5 Å². The number of hydrogen-bond donors (Lipinski definition) is 3. The number of ether oxygens (including phenoxy) is 1. The van der Waals surface area contributed by atoms with Gasteiger partial charge in [0.25, 0.3) is 11.7 Å². The van der Waals surface area contributed by atoms with Crippen LogP contribution >= 0.6 is 0 Å². The Bertz CT molecular complexity index is 1380. The number of fused-ring (bicyclic) bond motifs is 1. The van der Waals surface area contributed by atoms with Crippen LogP contribution in [0.3, 0.4) is 0 Å². The summed E-state index contributed by atoms with van der Waals surface area (Å²) < 4.78 is 5.67. The second-order valence-corrected chi connectivity index (χ2v) is 8.71. The molecule has 3 aromatic rings. The van der Waals surface area contributed by atoms with Crippen molar-refractivity contribution >= 4 is 28.8 Å². The van der Waals surface area contributed by atoms with Gasteiger partial charge >= 0.3 is 0 Å². The predicted octanol–water partition coefficient (Wildman–Crippen LogP) is 3.86. The summed E-state index contributed by atoms with van der Waals surface area (Å²) in [5.74, 6) is -1.57. The number of carbonyl (C=O) groups excluding carboxylic acids is 2. The maximum absolute atomic E-state index is 13.3. The quantitative estimate of drug-likeness (QED) is 0.302. The van der Waals surface area contributed by atoms with E-state index in [9.17, 15) is 24.9 Å². The Morgan fingerprint density at radius 2 is 1.71 bits per heavy atom. The monoisotopic (exact) mass is 472 g/mol. The number of nitrogens with zero attached hydrogens (tertiary/aromatic N) is 2. The van der Waals surface area contributed by atoms with Crippen molar-refractivity contribution in [3.63, 3.8) is 0 Å². The number of carbonyl (C=O) groups is 2. The van der Waals surface area contributed by atoms with Gasteiger partial charge in [0.15, 0.2) is 0 Å². The van der Waals surface area contributed by atoms with Crippen LogP contribution in [0.15, 0.2) is 66.2 Å². The minimum absolute atomic E-state index is 0.0156. The number of Topliss-reactive ketones (excluding diaryl/α,β-unsaturated/α-hetero) is 1. The molecule has 0 bridgehead atoms. The van der Waals surface area contributed by atoms with E-state index in [1.807, 2.05) is 11.9 Å². The molecule has 2 heterocycles. The summed E-state index contributed by atoms with van der Waals surface area (Å²) in [6.45, 7) is 3.02. The lowest BCUT2D eigenvalue weighted by Crippen LogP contribution is -2.29. The summed E-state index contributed by atoms with van der Waals surface area (Å²) in [7, 11) is 1.90. The van der Waals surface area contributed by atoms with E-state index in [-0.39, 0.29) is 28.5 Å². The molecule has 0 aliphatic carbocycles. The topological polar surface area (TPSA) is 111 Å². The molecular formula is C27H24N2O6. The van der Waals surface area contributed by atoms with Gasteiger partial charge in [0, 0.05) is 12.6 Å². The second kappa shape index (κ2) is 8.39. The van der Waals surface area contributed by atoms with E-state index in [0.29, 0.717) is 30.0 Å². The van der Waals surface area contributed by atoms with Gasteiger partial charge in [-0.05, 0) is 60.5 Å². The van der Waals surface area contributed by atoms with E-state index in [1.165, 1.54) is 23.1 Å². The van der Waals surface area contributed by atoms with Crippen LogP contribution in [0.2, 0.25) is 0 Å². The first-order chi connectivity index (χ1) is 16.8. The molecule has 0 saturated carbocycles. The lowest BCUT2D eigenvalue weighted by atomic mass is 9.94. The van der Waals surface area contributed by atoms with Crippen LogP contribution in [-0.2, 0) is 9.59 Å². The smallest absolute Gasteiger partial charge is 0.300 e. The summed E-state index contributed by atoms with van der Waals surface area (Å²) >= 11 is 0. The molecular weight excluding hydrogens is 448 g/mol. The molecule has 1 fully saturated rings. The van der Waals surface area contributed by atoms with Crippen LogP contribution in [0.4, 0.5) is 11.4 Å². The molecule has 0 spiro atoms. The zero-order valence-electron chi connectivity index (χ0n) is 19.2. The number of aromatic hydroxyl groups is 2. The number of ketones is 1. The third-order valence-electron chi connectivity index (χ3n) is 6.37. The van der Waals surface area contributed by atoms with Crippen LogP contribution in [0, 0.1) is 6.92 Å². The van der Waals surface area contributed by atoms with E-state index >= 15 is 0 Å². The molecule has 35 heavy (non-hydrogen) atoms. The van der Waals surface area contributed by atoms with Crippen molar-refractivity contribution in [2.75, 3.05) is 30.0 Å². The Balaban J connectivity index is 1.72. The summed E-state index contributed by atoms with van der Waals surface area (Å²) in [6, 6.07) is 14.8. The number of phenols is 2.